The lowest BCUT2D eigenvalue weighted by molar-refractivity contribution is 0.0728. The van der Waals surface area contributed by atoms with Crippen molar-refractivity contribution in [2.24, 2.45) is 5.92 Å². The molecule has 2 heterocycles. The topological polar surface area (TPSA) is 45.2 Å². The number of aryl methyl sites for hydroxylation is 1. The van der Waals surface area contributed by atoms with E-state index in [0.29, 0.717) is 16.0 Å². The zero-order chi connectivity index (χ0) is 26.3. The van der Waals surface area contributed by atoms with E-state index in [1.165, 1.54) is 18.4 Å². The van der Waals surface area contributed by atoms with Crippen LogP contribution in [-0.2, 0) is 6.42 Å². The molecule has 1 N–H and O–H groups in total. The minimum absolute atomic E-state index is 0.112. The maximum atomic E-state index is 13.3. The highest BCUT2D eigenvalue weighted by Crippen LogP contribution is 2.30. The van der Waals surface area contributed by atoms with E-state index < -0.39 is 0 Å². The number of pyridine rings is 1. The Kier molecular flexibility index (Phi) is 9.10. The molecule has 1 atom stereocenters. The number of carbonyl (C=O) groups is 1. The van der Waals surface area contributed by atoms with Gasteiger partial charge in [-0.1, -0.05) is 66.4 Å². The van der Waals surface area contributed by atoms with Crippen LogP contribution in [0.5, 0.6) is 0 Å². The number of amides is 1. The molecule has 0 bridgehead atoms. The lowest BCUT2D eigenvalue weighted by Gasteiger charge is -2.29. The van der Waals surface area contributed by atoms with E-state index in [1.807, 2.05) is 59.6 Å². The van der Waals surface area contributed by atoms with Gasteiger partial charge in [0, 0.05) is 35.9 Å². The number of fused-ring (bicyclic) bond motifs is 1. The summed E-state index contributed by atoms with van der Waals surface area (Å²) in [4.78, 5) is 20.9. The highest BCUT2D eigenvalue weighted by atomic mass is 35.5. The molecule has 1 aliphatic heterocycles. The van der Waals surface area contributed by atoms with Crippen LogP contribution < -0.4 is 4.72 Å². The summed E-state index contributed by atoms with van der Waals surface area (Å²) in [5.41, 5.74) is 3.77. The van der Waals surface area contributed by atoms with Crippen LogP contribution >= 0.6 is 35.1 Å². The van der Waals surface area contributed by atoms with Crippen LogP contribution in [0.1, 0.15) is 48.0 Å². The first-order chi connectivity index (χ1) is 18.6. The van der Waals surface area contributed by atoms with Crippen LogP contribution in [0.4, 0.5) is 5.69 Å². The molecule has 1 aromatic heterocycles. The SMILES string of the molecule is O=C(c1ccc(NSc2cccc3cccnc23)cc1)N1CCCCC(CCc2cccc(Cl)c2Cl)CC1. The summed E-state index contributed by atoms with van der Waals surface area (Å²) in [6.07, 6.45) is 8.18. The second kappa shape index (κ2) is 12.9. The van der Waals surface area contributed by atoms with Crippen LogP contribution in [-0.4, -0.2) is 28.9 Å². The molecule has 38 heavy (non-hydrogen) atoms. The number of benzene rings is 3. The molecule has 1 aliphatic rings. The number of hydrogen-bond acceptors (Lipinski definition) is 4. The van der Waals surface area contributed by atoms with E-state index in [2.05, 4.69) is 34.0 Å². The monoisotopic (exact) mass is 563 g/mol. The van der Waals surface area contributed by atoms with E-state index in [4.69, 9.17) is 23.2 Å². The standard InChI is InChI=1S/C31H31Cl2N3OS/c32-27-10-3-7-23(29(27)33)13-12-22-6-1-2-20-36(21-18-22)31(37)25-14-16-26(17-15-25)35-38-28-11-4-8-24-9-5-19-34-30(24)28/h3-5,7-11,14-17,19,22,35H,1-2,6,12-13,18,20-21H2. The predicted molar refractivity (Wildman–Crippen MR) is 160 cm³/mol. The average molecular weight is 565 g/mol. The summed E-state index contributed by atoms with van der Waals surface area (Å²) in [6, 6.07) is 23.8. The number of aromatic nitrogens is 1. The molecule has 1 fully saturated rings. The number of nitrogens with one attached hydrogen (secondary N) is 1. The number of para-hydroxylation sites is 1. The molecule has 4 aromatic rings. The lowest BCUT2D eigenvalue weighted by atomic mass is 9.90. The smallest absolute Gasteiger partial charge is 0.253 e. The molecule has 0 aliphatic carbocycles. The number of hydrogen-bond donors (Lipinski definition) is 1. The maximum Gasteiger partial charge on any atom is 0.253 e. The second-order valence-corrected chi connectivity index (χ2v) is 11.4. The Labute approximate surface area is 238 Å². The van der Waals surface area contributed by atoms with Gasteiger partial charge in [0.1, 0.15) is 0 Å². The van der Waals surface area contributed by atoms with Crippen molar-refractivity contribution in [2.45, 2.75) is 43.4 Å². The normalized spacial score (nSPS) is 16.2. The van der Waals surface area contributed by atoms with Gasteiger partial charge in [-0.05, 0) is 91.6 Å². The Balaban J connectivity index is 1.16. The molecular weight excluding hydrogens is 533 g/mol. The van der Waals surface area contributed by atoms with Crippen LogP contribution in [0.3, 0.4) is 0 Å². The van der Waals surface area contributed by atoms with E-state index in [0.717, 1.165) is 77.8 Å². The Hall–Kier alpha value is -2.73. The minimum atomic E-state index is 0.112. The molecule has 1 amide bonds. The van der Waals surface area contributed by atoms with Gasteiger partial charge in [0.2, 0.25) is 0 Å². The maximum absolute atomic E-state index is 13.3. The van der Waals surface area contributed by atoms with Crippen molar-refractivity contribution in [1.82, 2.24) is 9.88 Å². The third-order valence-corrected chi connectivity index (χ3v) is 8.99. The Morgan fingerprint density at radius 2 is 1.76 bits per heavy atom. The van der Waals surface area contributed by atoms with Crippen LogP contribution in [0, 0.1) is 5.92 Å². The van der Waals surface area contributed by atoms with Gasteiger partial charge in [-0.3, -0.25) is 9.78 Å². The fourth-order valence-corrected chi connectivity index (χ4v) is 6.25. The molecule has 4 nitrogen and oxygen atoms in total. The van der Waals surface area contributed by atoms with Gasteiger partial charge in [0.05, 0.1) is 20.5 Å². The number of rotatable bonds is 7. The average Bonchev–Trinajstić information content (AvgIpc) is 2.93. The summed E-state index contributed by atoms with van der Waals surface area (Å²) in [5, 5.41) is 2.40. The van der Waals surface area contributed by atoms with Gasteiger partial charge < -0.3 is 9.62 Å². The van der Waals surface area contributed by atoms with Crippen molar-refractivity contribution in [3.63, 3.8) is 0 Å². The summed E-state index contributed by atoms with van der Waals surface area (Å²) in [7, 11) is 0. The van der Waals surface area contributed by atoms with Crippen LogP contribution in [0.15, 0.2) is 83.9 Å². The highest BCUT2D eigenvalue weighted by Gasteiger charge is 2.21. The fraction of sp³-hybridized carbons (Fsp3) is 0.290. The van der Waals surface area contributed by atoms with Crippen molar-refractivity contribution in [3.8, 4) is 0 Å². The van der Waals surface area contributed by atoms with Crippen molar-refractivity contribution >= 4 is 57.6 Å². The number of likely N-dealkylation sites (tertiary alicyclic amines) is 1. The minimum Gasteiger partial charge on any atom is -0.339 e. The molecule has 0 radical (unpaired) electrons. The zero-order valence-corrected chi connectivity index (χ0v) is 23.5. The largest absolute Gasteiger partial charge is 0.339 e. The predicted octanol–water partition coefficient (Wildman–Crippen LogP) is 8.93. The summed E-state index contributed by atoms with van der Waals surface area (Å²) in [5.74, 6) is 0.689. The van der Waals surface area contributed by atoms with E-state index >= 15 is 0 Å². The van der Waals surface area contributed by atoms with Gasteiger partial charge in [-0.25, -0.2) is 0 Å². The number of anilines is 1. The first-order valence-corrected chi connectivity index (χ1v) is 14.7. The molecule has 1 saturated heterocycles. The Bertz CT molecular complexity index is 1390. The molecule has 3 aromatic carbocycles. The zero-order valence-electron chi connectivity index (χ0n) is 21.2. The molecule has 1 unspecified atom stereocenters. The number of carbonyl (C=O) groups excluding carboxylic acids is 1. The van der Waals surface area contributed by atoms with Gasteiger partial charge in [-0.15, -0.1) is 0 Å². The van der Waals surface area contributed by atoms with Gasteiger partial charge in [0.25, 0.3) is 5.91 Å². The van der Waals surface area contributed by atoms with Crippen LogP contribution in [0.2, 0.25) is 10.0 Å². The summed E-state index contributed by atoms with van der Waals surface area (Å²) < 4.78 is 3.39. The first-order valence-electron chi connectivity index (χ1n) is 13.2. The van der Waals surface area contributed by atoms with Crippen molar-refractivity contribution in [1.29, 1.82) is 0 Å². The van der Waals surface area contributed by atoms with Crippen molar-refractivity contribution in [3.05, 3.63) is 100 Å². The van der Waals surface area contributed by atoms with E-state index in [-0.39, 0.29) is 5.91 Å². The fourth-order valence-electron chi connectivity index (χ4n) is 5.06. The molecule has 196 valence electrons. The van der Waals surface area contributed by atoms with Crippen molar-refractivity contribution < 1.29 is 4.79 Å². The third kappa shape index (κ3) is 6.63. The second-order valence-electron chi connectivity index (χ2n) is 9.81. The molecule has 7 heteroatoms. The molecule has 0 saturated carbocycles. The van der Waals surface area contributed by atoms with Gasteiger partial charge >= 0.3 is 0 Å². The highest BCUT2D eigenvalue weighted by molar-refractivity contribution is 8.00. The molecule has 0 spiro atoms. The summed E-state index contributed by atoms with van der Waals surface area (Å²) >= 11 is 14.1. The number of nitrogens with zero attached hydrogens (tertiary/aromatic N) is 2. The Morgan fingerprint density at radius 3 is 2.63 bits per heavy atom. The van der Waals surface area contributed by atoms with E-state index in [9.17, 15) is 4.79 Å². The molecular formula is C31H31Cl2N3OS. The lowest BCUT2D eigenvalue weighted by Crippen LogP contribution is -2.35. The van der Waals surface area contributed by atoms with E-state index in [1.54, 1.807) is 0 Å². The van der Waals surface area contributed by atoms with Crippen LogP contribution in [0.25, 0.3) is 10.9 Å². The quantitative estimate of drug-likeness (QED) is 0.228. The first kappa shape index (κ1) is 26.9. The van der Waals surface area contributed by atoms with Gasteiger partial charge in [0.15, 0.2) is 0 Å². The van der Waals surface area contributed by atoms with Gasteiger partial charge in [-0.2, -0.15) is 0 Å². The Morgan fingerprint density at radius 1 is 0.947 bits per heavy atom. The third-order valence-electron chi connectivity index (χ3n) is 7.24. The number of halogens is 2. The van der Waals surface area contributed by atoms with Crippen molar-refractivity contribution in [2.75, 3.05) is 17.8 Å². The summed E-state index contributed by atoms with van der Waals surface area (Å²) in [6.45, 7) is 1.60. The molecule has 5 rings (SSSR count).